The molecule has 1 heteroatoms. The fraction of sp³-hybridized carbons (Fsp3) is 0.581. The number of aryl methyl sites for hydroxylation is 1. The Kier molecular flexibility index (Phi) is 10.5. The molecule has 2 aromatic carbocycles. The highest BCUT2D eigenvalue weighted by Crippen LogP contribution is 2.34. The van der Waals surface area contributed by atoms with Crippen LogP contribution in [0.15, 0.2) is 48.5 Å². The number of Topliss-reactive ketones (excluding diaryl/α,β-unsaturated/α-hetero) is 1. The number of hydrogen-bond acceptors (Lipinski definition) is 1. The van der Waals surface area contributed by atoms with Gasteiger partial charge in [0.2, 0.25) is 0 Å². The second-order valence-electron chi connectivity index (χ2n) is 10.1. The van der Waals surface area contributed by atoms with Crippen molar-refractivity contribution in [3.05, 3.63) is 59.7 Å². The van der Waals surface area contributed by atoms with Crippen LogP contribution in [0.2, 0.25) is 0 Å². The molecule has 174 valence electrons. The lowest BCUT2D eigenvalue weighted by atomic mass is 9.77. The molecular formula is C31H44O. The quantitative estimate of drug-likeness (QED) is 0.227. The Morgan fingerprint density at radius 3 is 1.88 bits per heavy atom. The lowest BCUT2D eigenvalue weighted by molar-refractivity contribution is 0.0941. The number of carbonyl (C=O) groups excluding carboxylic acids is 1. The Balaban J connectivity index is 1.44. The Morgan fingerprint density at radius 2 is 1.25 bits per heavy atom. The van der Waals surface area contributed by atoms with E-state index < -0.39 is 0 Å². The Hall–Kier alpha value is -1.89. The number of rotatable bonds is 13. The van der Waals surface area contributed by atoms with Crippen LogP contribution in [0.3, 0.4) is 0 Å². The van der Waals surface area contributed by atoms with Gasteiger partial charge in [-0.25, -0.2) is 0 Å². The second kappa shape index (κ2) is 13.6. The van der Waals surface area contributed by atoms with Crippen LogP contribution < -0.4 is 0 Å². The van der Waals surface area contributed by atoms with Crippen LogP contribution in [0, 0.1) is 11.8 Å². The van der Waals surface area contributed by atoms with Gasteiger partial charge in [0.05, 0.1) is 0 Å². The topological polar surface area (TPSA) is 17.1 Å². The van der Waals surface area contributed by atoms with Crippen LogP contribution >= 0.6 is 0 Å². The number of benzene rings is 2. The maximum absolute atomic E-state index is 12.9. The summed E-state index contributed by atoms with van der Waals surface area (Å²) in [5, 5.41) is 0. The van der Waals surface area contributed by atoms with Crippen LogP contribution in [0.25, 0.3) is 11.1 Å². The van der Waals surface area contributed by atoms with E-state index in [2.05, 4.69) is 50.2 Å². The van der Waals surface area contributed by atoms with Crippen LogP contribution in [0.4, 0.5) is 0 Å². The van der Waals surface area contributed by atoms with E-state index in [9.17, 15) is 4.79 Å². The molecule has 0 unspecified atom stereocenters. The third-order valence-corrected chi connectivity index (χ3v) is 7.47. The van der Waals surface area contributed by atoms with E-state index in [0.717, 1.165) is 17.9 Å². The Labute approximate surface area is 197 Å². The first-order valence-corrected chi connectivity index (χ1v) is 13.4. The summed E-state index contributed by atoms with van der Waals surface area (Å²) < 4.78 is 0. The molecule has 0 spiro atoms. The molecule has 1 nitrogen and oxygen atoms in total. The van der Waals surface area contributed by atoms with Gasteiger partial charge in [-0.05, 0) is 54.2 Å². The van der Waals surface area contributed by atoms with Crippen molar-refractivity contribution in [3.63, 3.8) is 0 Å². The Bertz CT molecular complexity index is 778. The first-order valence-electron chi connectivity index (χ1n) is 13.4. The van der Waals surface area contributed by atoms with Gasteiger partial charge >= 0.3 is 0 Å². The summed E-state index contributed by atoms with van der Waals surface area (Å²) in [6, 6.07) is 17.3. The summed E-state index contributed by atoms with van der Waals surface area (Å²) in [5.41, 5.74) is 4.74. The minimum absolute atomic E-state index is 0.328. The monoisotopic (exact) mass is 432 g/mol. The van der Waals surface area contributed by atoms with Crippen molar-refractivity contribution in [1.82, 2.24) is 0 Å². The van der Waals surface area contributed by atoms with Crippen molar-refractivity contribution in [2.24, 2.45) is 11.8 Å². The molecule has 1 fully saturated rings. The van der Waals surface area contributed by atoms with E-state index in [1.54, 1.807) is 0 Å². The zero-order valence-electron chi connectivity index (χ0n) is 20.6. The van der Waals surface area contributed by atoms with Crippen molar-refractivity contribution in [2.45, 2.75) is 104 Å². The normalized spacial score (nSPS) is 18.6. The molecule has 1 aliphatic rings. The number of unbranched alkanes of at least 4 members (excludes halogenated alkanes) is 5. The standard InChI is InChI=1S/C31H44O/c1-3-5-7-9-11-25-12-14-27(15-13-25)24-31(32)30-22-20-29(21-23-30)28-18-16-26(17-19-28)10-8-6-4-2/h16-23,25,27H,3-15,24H2,1-2H3. The van der Waals surface area contributed by atoms with Gasteiger partial charge in [-0.1, -0.05) is 120 Å². The average molecular weight is 433 g/mol. The van der Waals surface area contributed by atoms with Gasteiger partial charge < -0.3 is 0 Å². The summed E-state index contributed by atoms with van der Waals surface area (Å²) in [7, 11) is 0. The van der Waals surface area contributed by atoms with Crippen molar-refractivity contribution >= 4 is 5.78 Å². The molecule has 0 aromatic heterocycles. The fourth-order valence-electron chi connectivity index (χ4n) is 5.26. The first kappa shape index (κ1) is 24.7. The smallest absolute Gasteiger partial charge is 0.163 e. The maximum atomic E-state index is 12.9. The zero-order valence-corrected chi connectivity index (χ0v) is 20.6. The predicted molar refractivity (Wildman–Crippen MR) is 138 cm³/mol. The SMILES string of the molecule is CCCCCCC1CCC(CC(=O)c2ccc(-c3ccc(CCCCC)cc3)cc2)CC1. The molecule has 0 radical (unpaired) electrons. The number of ketones is 1. The second-order valence-corrected chi connectivity index (χ2v) is 10.1. The highest BCUT2D eigenvalue weighted by Gasteiger charge is 2.23. The lowest BCUT2D eigenvalue weighted by Crippen LogP contribution is -2.17. The van der Waals surface area contributed by atoms with Crippen molar-refractivity contribution in [2.75, 3.05) is 0 Å². The molecule has 2 aromatic rings. The third-order valence-electron chi connectivity index (χ3n) is 7.47. The molecule has 0 heterocycles. The molecule has 3 rings (SSSR count). The molecular weight excluding hydrogens is 388 g/mol. The van der Waals surface area contributed by atoms with Crippen molar-refractivity contribution in [3.8, 4) is 11.1 Å². The van der Waals surface area contributed by atoms with E-state index >= 15 is 0 Å². The van der Waals surface area contributed by atoms with Crippen molar-refractivity contribution in [1.29, 1.82) is 0 Å². The van der Waals surface area contributed by atoms with Gasteiger partial charge in [0, 0.05) is 12.0 Å². The minimum Gasteiger partial charge on any atom is -0.294 e. The average Bonchev–Trinajstić information content (AvgIpc) is 2.83. The fourth-order valence-corrected chi connectivity index (χ4v) is 5.26. The summed E-state index contributed by atoms with van der Waals surface area (Å²) >= 11 is 0. The van der Waals surface area contributed by atoms with E-state index in [-0.39, 0.29) is 0 Å². The lowest BCUT2D eigenvalue weighted by Gasteiger charge is -2.28. The number of hydrogen-bond donors (Lipinski definition) is 0. The van der Waals surface area contributed by atoms with Crippen LogP contribution in [0.1, 0.15) is 113 Å². The molecule has 0 amide bonds. The molecule has 32 heavy (non-hydrogen) atoms. The molecule has 1 saturated carbocycles. The van der Waals surface area contributed by atoms with E-state index in [1.807, 2.05) is 12.1 Å². The zero-order chi connectivity index (χ0) is 22.6. The molecule has 0 aliphatic heterocycles. The largest absolute Gasteiger partial charge is 0.294 e. The maximum Gasteiger partial charge on any atom is 0.163 e. The summed E-state index contributed by atoms with van der Waals surface area (Å²) in [6.45, 7) is 4.53. The van der Waals surface area contributed by atoms with Crippen LogP contribution in [-0.4, -0.2) is 5.78 Å². The van der Waals surface area contributed by atoms with Gasteiger partial charge in [0.25, 0.3) is 0 Å². The van der Waals surface area contributed by atoms with E-state index in [4.69, 9.17) is 0 Å². The van der Waals surface area contributed by atoms with E-state index in [0.29, 0.717) is 11.7 Å². The molecule has 1 aliphatic carbocycles. The summed E-state index contributed by atoms with van der Waals surface area (Å²) in [5.74, 6) is 1.83. The molecule has 0 bridgehead atoms. The van der Waals surface area contributed by atoms with Crippen LogP contribution in [-0.2, 0) is 6.42 Å². The highest BCUT2D eigenvalue weighted by molar-refractivity contribution is 5.96. The highest BCUT2D eigenvalue weighted by atomic mass is 16.1. The van der Waals surface area contributed by atoms with Gasteiger partial charge in [-0.15, -0.1) is 0 Å². The molecule has 0 atom stereocenters. The van der Waals surface area contributed by atoms with Gasteiger partial charge in [-0.2, -0.15) is 0 Å². The third kappa shape index (κ3) is 7.91. The summed E-state index contributed by atoms with van der Waals surface area (Å²) in [6.07, 6.45) is 17.8. The van der Waals surface area contributed by atoms with E-state index in [1.165, 1.54) is 100 Å². The van der Waals surface area contributed by atoms with Gasteiger partial charge in [0.1, 0.15) is 0 Å². The van der Waals surface area contributed by atoms with Gasteiger partial charge in [0.15, 0.2) is 5.78 Å². The minimum atomic E-state index is 0.328. The van der Waals surface area contributed by atoms with Crippen LogP contribution in [0.5, 0.6) is 0 Å². The van der Waals surface area contributed by atoms with Crippen molar-refractivity contribution < 1.29 is 4.79 Å². The summed E-state index contributed by atoms with van der Waals surface area (Å²) in [4.78, 5) is 12.9. The number of carbonyl (C=O) groups is 1. The molecule has 0 N–H and O–H groups in total. The first-order chi connectivity index (χ1) is 15.7. The van der Waals surface area contributed by atoms with Gasteiger partial charge in [-0.3, -0.25) is 4.79 Å². The Morgan fingerprint density at radius 1 is 0.688 bits per heavy atom. The predicted octanol–water partition coefficient (Wildman–Crippen LogP) is 9.44. The molecule has 0 saturated heterocycles.